The Kier molecular flexibility index (Phi) is 50.4. The van der Waals surface area contributed by atoms with Crippen molar-refractivity contribution >= 4 is 17.9 Å². The van der Waals surface area contributed by atoms with E-state index in [4.69, 9.17) is 14.2 Å². The largest absolute Gasteiger partial charge is 0.462 e. The number of unbranched alkanes of at least 4 members (excludes halogenated alkanes) is 27. The van der Waals surface area contributed by atoms with Gasteiger partial charge < -0.3 is 14.2 Å². The summed E-state index contributed by atoms with van der Waals surface area (Å²) < 4.78 is 16.8. The van der Waals surface area contributed by atoms with E-state index in [0.717, 1.165) is 116 Å². The lowest BCUT2D eigenvalue weighted by Gasteiger charge is -2.18. The Hall–Kier alpha value is -3.41. The fraction of sp³-hybridized carbons (Fsp3) is 0.712. The molecule has 65 heavy (non-hydrogen) atoms. The van der Waals surface area contributed by atoms with Gasteiger partial charge in [0.2, 0.25) is 0 Å². The first-order chi connectivity index (χ1) is 32.0. The second kappa shape index (κ2) is 53.2. The van der Waals surface area contributed by atoms with Gasteiger partial charge in [0.05, 0.1) is 0 Å². The third kappa shape index (κ3) is 51.4. The maximum atomic E-state index is 12.8. The normalized spacial score (nSPS) is 12.7. The van der Waals surface area contributed by atoms with Gasteiger partial charge in [-0.15, -0.1) is 0 Å². The average Bonchev–Trinajstić information content (AvgIpc) is 3.30. The summed E-state index contributed by atoms with van der Waals surface area (Å²) in [6.45, 7) is 6.44. The zero-order valence-corrected chi connectivity index (χ0v) is 42.5. The average molecular weight is 905 g/mol. The van der Waals surface area contributed by atoms with E-state index in [2.05, 4.69) is 106 Å². The highest BCUT2D eigenvalue weighted by Gasteiger charge is 2.19. The first-order valence-corrected chi connectivity index (χ1v) is 27.2. The van der Waals surface area contributed by atoms with Gasteiger partial charge in [-0.2, -0.15) is 0 Å². The van der Waals surface area contributed by atoms with Crippen LogP contribution < -0.4 is 0 Å². The van der Waals surface area contributed by atoms with Crippen LogP contribution in [0.3, 0.4) is 0 Å². The molecule has 0 amide bonds. The zero-order valence-electron chi connectivity index (χ0n) is 42.5. The first kappa shape index (κ1) is 61.6. The molecule has 0 heterocycles. The van der Waals surface area contributed by atoms with E-state index in [-0.39, 0.29) is 37.5 Å². The Morgan fingerprint density at radius 2 is 0.600 bits per heavy atom. The van der Waals surface area contributed by atoms with Gasteiger partial charge in [-0.05, 0) is 89.9 Å². The van der Waals surface area contributed by atoms with Crippen molar-refractivity contribution in [3.8, 4) is 0 Å². The highest BCUT2D eigenvalue weighted by atomic mass is 16.6. The van der Waals surface area contributed by atoms with Gasteiger partial charge in [0, 0.05) is 19.3 Å². The lowest BCUT2D eigenvalue weighted by molar-refractivity contribution is -0.167. The number of rotatable bonds is 48. The second-order valence-corrected chi connectivity index (χ2v) is 17.9. The minimum atomic E-state index is -0.806. The monoisotopic (exact) mass is 905 g/mol. The highest BCUT2D eigenvalue weighted by Crippen LogP contribution is 2.14. The molecule has 372 valence electrons. The molecule has 0 aromatic carbocycles. The molecule has 0 spiro atoms. The van der Waals surface area contributed by atoms with Crippen molar-refractivity contribution < 1.29 is 28.6 Å². The summed E-state index contributed by atoms with van der Waals surface area (Å²) in [5, 5.41) is 0. The van der Waals surface area contributed by atoms with E-state index in [9.17, 15) is 14.4 Å². The molecule has 6 heteroatoms. The van der Waals surface area contributed by atoms with Gasteiger partial charge in [0.1, 0.15) is 13.2 Å². The van der Waals surface area contributed by atoms with Crippen LogP contribution in [0, 0.1) is 0 Å². The number of esters is 3. The molecule has 0 aliphatic rings. The number of ether oxygens (including phenoxy) is 3. The quantitative estimate of drug-likeness (QED) is 0.0262. The fourth-order valence-electron chi connectivity index (χ4n) is 7.36. The van der Waals surface area contributed by atoms with Gasteiger partial charge >= 0.3 is 17.9 Å². The van der Waals surface area contributed by atoms with E-state index in [1.807, 2.05) is 0 Å². The minimum Gasteiger partial charge on any atom is -0.462 e. The standard InChI is InChI=1S/C59H100O6/c1-4-7-10-13-16-19-22-25-27-29-30-32-34-37-40-43-46-49-52-58(61)64-55-56(54-63-57(60)51-48-45-42-39-36-33-24-21-18-15-12-9-6-3)65-59(62)53-50-47-44-41-38-35-31-28-26-23-20-17-14-11-8-5-2/h9,12,15,18,21,24,27-32,35,38,56H,4-8,10-11,13-14,16-17,19-20,22-23,25-26,33-34,36-37,39-55H2,1-3H3/b12-9-,18-15-,24-21-,29-27-,31-28-,32-30-,38-35-. The zero-order chi connectivity index (χ0) is 47.2. The molecule has 0 aromatic heterocycles. The minimum absolute atomic E-state index is 0.103. The molecule has 0 aromatic rings. The van der Waals surface area contributed by atoms with Crippen molar-refractivity contribution in [1.29, 1.82) is 0 Å². The molecule has 0 radical (unpaired) electrons. The lowest BCUT2D eigenvalue weighted by Crippen LogP contribution is -2.30. The van der Waals surface area contributed by atoms with Crippen LogP contribution in [0.25, 0.3) is 0 Å². The first-order valence-electron chi connectivity index (χ1n) is 27.2. The van der Waals surface area contributed by atoms with Crippen molar-refractivity contribution in [2.24, 2.45) is 0 Å². The summed E-state index contributed by atoms with van der Waals surface area (Å²) in [6.07, 6.45) is 68.6. The van der Waals surface area contributed by atoms with E-state index >= 15 is 0 Å². The molecule has 6 nitrogen and oxygen atoms in total. The number of hydrogen-bond donors (Lipinski definition) is 0. The van der Waals surface area contributed by atoms with Crippen LogP contribution in [0.1, 0.15) is 252 Å². The molecule has 0 fully saturated rings. The molecule has 0 rings (SSSR count). The Labute approximate surface area is 401 Å². The third-order valence-corrected chi connectivity index (χ3v) is 11.5. The summed E-state index contributed by atoms with van der Waals surface area (Å²) in [7, 11) is 0. The number of hydrogen-bond acceptors (Lipinski definition) is 6. The molecule has 0 saturated carbocycles. The molecule has 0 bridgehead atoms. The Bertz CT molecular complexity index is 1270. The van der Waals surface area contributed by atoms with Crippen LogP contribution in [0.4, 0.5) is 0 Å². The third-order valence-electron chi connectivity index (χ3n) is 11.5. The van der Waals surface area contributed by atoms with Crippen molar-refractivity contribution in [2.45, 2.75) is 258 Å². The van der Waals surface area contributed by atoms with Gasteiger partial charge in [0.25, 0.3) is 0 Å². The number of carbonyl (C=O) groups excluding carboxylic acids is 3. The Morgan fingerprint density at radius 1 is 0.323 bits per heavy atom. The molecular weight excluding hydrogens is 805 g/mol. The van der Waals surface area contributed by atoms with Crippen molar-refractivity contribution in [2.75, 3.05) is 13.2 Å². The molecule has 1 atom stereocenters. The molecule has 0 aliphatic carbocycles. The maximum absolute atomic E-state index is 12.8. The molecule has 1 unspecified atom stereocenters. The summed E-state index contributed by atoms with van der Waals surface area (Å²) in [5.74, 6) is -0.962. The highest BCUT2D eigenvalue weighted by molar-refractivity contribution is 5.71. The van der Waals surface area contributed by atoms with Crippen molar-refractivity contribution in [1.82, 2.24) is 0 Å². The summed E-state index contributed by atoms with van der Waals surface area (Å²) in [5.41, 5.74) is 0. The van der Waals surface area contributed by atoms with Gasteiger partial charge in [-0.25, -0.2) is 0 Å². The van der Waals surface area contributed by atoms with Crippen LogP contribution >= 0.6 is 0 Å². The van der Waals surface area contributed by atoms with E-state index in [1.165, 1.54) is 96.3 Å². The predicted octanol–water partition coefficient (Wildman–Crippen LogP) is 18.0. The molecular formula is C59H100O6. The van der Waals surface area contributed by atoms with Crippen molar-refractivity contribution in [3.05, 3.63) is 85.1 Å². The fourth-order valence-corrected chi connectivity index (χ4v) is 7.36. The van der Waals surface area contributed by atoms with Crippen LogP contribution in [0.5, 0.6) is 0 Å². The molecule has 0 saturated heterocycles. The molecule has 0 aliphatic heterocycles. The van der Waals surface area contributed by atoms with Gasteiger partial charge in [0.15, 0.2) is 6.10 Å². The number of allylic oxidation sites excluding steroid dienone is 14. The summed E-state index contributed by atoms with van der Waals surface area (Å²) in [6, 6.07) is 0. The SMILES string of the molecule is CC\C=C/C=C\C=C/CCCCCCCC(=O)OCC(COC(=O)CCCCCCC/C=C\C=C/CCCCCCCCC)OC(=O)CCCCC/C=C\C=C/CCCCCCCCC. The summed E-state index contributed by atoms with van der Waals surface area (Å²) >= 11 is 0. The van der Waals surface area contributed by atoms with Gasteiger partial charge in [-0.1, -0.05) is 228 Å². The van der Waals surface area contributed by atoms with Crippen LogP contribution in [0.2, 0.25) is 0 Å². The van der Waals surface area contributed by atoms with E-state index in [0.29, 0.717) is 12.8 Å². The van der Waals surface area contributed by atoms with Gasteiger partial charge in [-0.3, -0.25) is 14.4 Å². The lowest BCUT2D eigenvalue weighted by atomic mass is 10.1. The number of carbonyl (C=O) groups is 3. The summed E-state index contributed by atoms with van der Waals surface area (Å²) in [4.78, 5) is 38.0. The van der Waals surface area contributed by atoms with Crippen LogP contribution in [0.15, 0.2) is 85.1 Å². The maximum Gasteiger partial charge on any atom is 0.306 e. The Morgan fingerprint density at radius 3 is 0.954 bits per heavy atom. The van der Waals surface area contributed by atoms with Crippen LogP contribution in [-0.2, 0) is 28.6 Å². The topological polar surface area (TPSA) is 78.9 Å². The molecule has 0 N–H and O–H groups in total. The van der Waals surface area contributed by atoms with E-state index in [1.54, 1.807) is 0 Å². The smallest absolute Gasteiger partial charge is 0.306 e. The van der Waals surface area contributed by atoms with E-state index < -0.39 is 6.10 Å². The second-order valence-electron chi connectivity index (χ2n) is 17.9. The van der Waals surface area contributed by atoms with Crippen molar-refractivity contribution in [3.63, 3.8) is 0 Å². The Balaban J connectivity index is 4.47. The van der Waals surface area contributed by atoms with Crippen LogP contribution in [-0.4, -0.2) is 37.2 Å². The predicted molar refractivity (Wildman–Crippen MR) is 279 cm³/mol.